The third-order valence-electron chi connectivity index (χ3n) is 15.2. The van der Waals surface area contributed by atoms with Crippen LogP contribution in [-0.2, 0) is 51.4 Å². The molecule has 4 heteroatoms. The molecule has 338 valence electrons. The van der Waals surface area contributed by atoms with Crippen LogP contribution < -0.4 is 9.47 Å². The van der Waals surface area contributed by atoms with Crippen molar-refractivity contribution in [3.05, 3.63) is 141 Å². The maximum Gasteiger partial charge on any atom is 0.131 e. The lowest BCUT2D eigenvalue weighted by molar-refractivity contribution is 0.0706. The molecule has 3 aliphatic rings. The summed E-state index contributed by atoms with van der Waals surface area (Å²) < 4.78 is 13.8. The largest absolute Gasteiger partial charge is 0.507 e. The van der Waals surface area contributed by atoms with Crippen LogP contribution in [0.4, 0.5) is 0 Å². The van der Waals surface area contributed by atoms with E-state index in [1.807, 2.05) is 36.4 Å². The minimum Gasteiger partial charge on any atom is -0.507 e. The van der Waals surface area contributed by atoms with Crippen LogP contribution in [0.3, 0.4) is 0 Å². The zero-order valence-corrected chi connectivity index (χ0v) is 40.1. The van der Waals surface area contributed by atoms with Crippen LogP contribution in [0.5, 0.6) is 23.0 Å². The Kier molecular flexibility index (Phi) is 13.2. The van der Waals surface area contributed by atoms with Gasteiger partial charge in [-0.05, 0) is 221 Å². The van der Waals surface area contributed by atoms with E-state index in [9.17, 15) is 10.2 Å². The van der Waals surface area contributed by atoms with E-state index in [0.29, 0.717) is 11.5 Å². The van der Waals surface area contributed by atoms with Gasteiger partial charge in [0.05, 0.1) is 0 Å². The van der Waals surface area contributed by atoms with Crippen molar-refractivity contribution in [2.45, 2.75) is 157 Å². The fourth-order valence-electron chi connectivity index (χ4n) is 11.6. The highest BCUT2D eigenvalue weighted by molar-refractivity contribution is 5.90. The van der Waals surface area contributed by atoms with Crippen LogP contribution in [0, 0.1) is 19.8 Å². The number of ether oxygens (including phenoxy) is 2. The van der Waals surface area contributed by atoms with E-state index in [1.165, 1.54) is 94.2 Å². The summed E-state index contributed by atoms with van der Waals surface area (Å²) in [4.78, 5) is 0. The number of rotatable bonds is 13. The standard InChI is InChI=1S/C61H70O4/c1-8-20-46-42(9-2)35-43-21-10-13-24-47(43)58(46)54-33-37(3)31-52(60(54)62)50-27-16-18-29-56(50)64-40(6)39(5)41(7)65-57-30-19-17-28-51(57)53-32-38(4)34-55(61(53)63)59-48-25-14-11-22-44(48)36-45-23-12-15-26-49(45)59/h16-19,27-36,39-41,62-63H,8-15,20-26H2,1-7H3/t39?,40-,41?/m1/s1. The first kappa shape index (κ1) is 44.7. The van der Waals surface area contributed by atoms with Crippen molar-refractivity contribution in [1.29, 1.82) is 0 Å². The Morgan fingerprint density at radius 3 is 1.38 bits per heavy atom. The second-order valence-electron chi connectivity index (χ2n) is 19.7. The van der Waals surface area contributed by atoms with Crippen molar-refractivity contribution in [3.8, 4) is 67.5 Å². The minimum atomic E-state index is -0.219. The van der Waals surface area contributed by atoms with E-state index in [4.69, 9.17) is 9.47 Å². The molecule has 0 radical (unpaired) electrons. The van der Waals surface area contributed by atoms with Crippen LogP contribution in [-0.4, -0.2) is 22.4 Å². The lowest BCUT2D eigenvalue weighted by atomic mass is 9.76. The Bertz CT molecular complexity index is 2690. The number of phenolic OH excluding ortho intramolecular Hbond substituents is 2. The first-order chi connectivity index (χ1) is 31.6. The molecule has 0 aromatic heterocycles. The van der Waals surface area contributed by atoms with Gasteiger partial charge in [0.25, 0.3) is 0 Å². The van der Waals surface area contributed by atoms with Crippen molar-refractivity contribution in [1.82, 2.24) is 0 Å². The van der Waals surface area contributed by atoms with E-state index < -0.39 is 0 Å². The minimum absolute atomic E-state index is 0.0123. The molecule has 9 rings (SSSR count). The molecule has 6 aromatic rings. The Balaban J connectivity index is 1.01. The highest BCUT2D eigenvalue weighted by Crippen LogP contribution is 2.50. The Hall–Kier alpha value is -5.48. The molecule has 0 fully saturated rings. The Labute approximate surface area is 389 Å². The van der Waals surface area contributed by atoms with E-state index in [-0.39, 0.29) is 18.1 Å². The Morgan fingerprint density at radius 2 is 0.908 bits per heavy atom. The molecule has 0 saturated carbocycles. The van der Waals surface area contributed by atoms with Crippen LogP contribution >= 0.6 is 0 Å². The molecular weight excluding hydrogens is 797 g/mol. The highest BCUT2D eigenvalue weighted by Gasteiger charge is 2.29. The molecule has 2 N–H and O–H groups in total. The third-order valence-corrected chi connectivity index (χ3v) is 15.2. The summed E-state index contributed by atoms with van der Waals surface area (Å²) in [7, 11) is 0. The molecule has 0 heterocycles. The summed E-state index contributed by atoms with van der Waals surface area (Å²) in [6.07, 6.45) is 16.4. The fraction of sp³-hybridized carbons (Fsp3) is 0.410. The molecule has 0 amide bonds. The smallest absolute Gasteiger partial charge is 0.131 e. The van der Waals surface area contributed by atoms with Gasteiger partial charge in [0.15, 0.2) is 0 Å². The van der Waals surface area contributed by atoms with Crippen molar-refractivity contribution in [2.75, 3.05) is 0 Å². The molecule has 0 spiro atoms. The zero-order chi connectivity index (χ0) is 45.4. The number of para-hydroxylation sites is 2. The lowest BCUT2D eigenvalue weighted by Crippen LogP contribution is -2.33. The van der Waals surface area contributed by atoms with Gasteiger partial charge in [-0.2, -0.15) is 0 Å². The number of fused-ring (bicyclic) bond motifs is 3. The Morgan fingerprint density at radius 1 is 0.492 bits per heavy atom. The van der Waals surface area contributed by atoms with Gasteiger partial charge < -0.3 is 19.7 Å². The highest BCUT2D eigenvalue weighted by atomic mass is 16.5. The monoisotopic (exact) mass is 867 g/mol. The van der Waals surface area contributed by atoms with Gasteiger partial charge in [-0.15, -0.1) is 0 Å². The third kappa shape index (κ3) is 8.71. The molecule has 0 bridgehead atoms. The predicted octanol–water partition coefficient (Wildman–Crippen LogP) is 15.4. The van der Waals surface area contributed by atoms with Gasteiger partial charge in [0.1, 0.15) is 35.2 Å². The summed E-state index contributed by atoms with van der Waals surface area (Å²) in [6, 6.07) is 29.9. The van der Waals surface area contributed by atoms with Crippen LogP contribution in [0.2, 0.25) is 0 Å². The predicted molar refractivity (Wildman–Crippen MR) is 270 cm³/mol. The van der Waals surface area contributed by atoms with Crippen LogP contribution in [0.1, 0.15) is 135 Å². The number of hydrogen-bond donors (Lipinski definition) is 2. The SMILES string of the molecule is CCCc1c(CC)cc2c(c1-c1cc(C)cc(-c3ccccc3O[C@H](C)C(C)C(C)Oc3ccccc3-c3cc(C)cc(-c4c5c(cc6c4CCCC6)CCCC5)c3O)c1O)CCCC2. The summed E-state index contributed by atoms with van der Waals surface area (Å²) in [6.45, 7) is 15.2. The van der Waals surface area contributed by atoms with Crippen LogP contribution in [0.15, 0.2) is 84.9 Å². The number of aromatic hydroxyl groups is 2. The average Bonchev–Trinajstić information content (AvgIpc) is 3.32. The summed E-state index contributed by atoms with van der Waals surface area (Å²) in [5.41, 5.74) is 21.7. The van der Waals surface area contributed by atoms with E-state index in [2.05, 4.69) is 97.0 Å². The van der Waals surface area contributed by atoms with E-state index in [0.717, 1.165) is 114 Å². The average molecular weight is 867 g/mol. The second kappa shape index (κ2) is 19.2. The molecular formula is C61H70O4. The second-order valence-corrected chi connectivity index (χ2v) is 19.7. The zero-order valence-electron chi connectivity index (χ0n) is 40.1. The van der Waals surface area contributed by atoms with Crippen LogP contribution in [0.25, 0.3) is 44.5 Å². The van der Waals surface area contributed by atoms with Gasteiger partial charge in [0.2, 0.25) is 0 Å². The molecule has 4 nitrogen and oxygen atoms in total. The van der Waals surface area contributed by atoms with Gasteiger partial charge in [-0.3, -0.25) is 0 Å². The fourth-order valence-corrected chi connectivity index (χ4v) is 11.6. The first-order valence-corrected chi connectivity index (χ1v) is 25.1. The molecule has 6 aromatic carbocycles. The molecule has 3 atom stereocenters. The number of aryl methyl sites for hydroxylation is 6. The summed E-state index contributed by atoms with van der Waals surface area (Å²) in [5.74, 6) is 2.15. The summed E-state index contributed by atoms with van der Waals surface area (Å²) >= 11 is 0. The maximum atomic E-state index is 12.4. The molecule has 0 saturated heterocycles. The van der Waals surface area contributed by atoms with E-state index in [1.54, 1.807) is 0 Å². The quantitative estimate of drug-likeness (QED) is 0.121. The molecule has 3 aliphatic carbocycles. The normalized spacial score (nSPS) is 15.9. The van der Waals surface area contributed by atoms with Gasteiger partial charge in [0, 0.05) is 39.3 Å². The first-order valence-electron chi connectivity index (χ1n) is 25.1. The lowest BCUT2D eigenvalue weighted by Gasteiger charge is -2.30. The van der Waals surface area contributed by atoms with Gasteiger partial charge in [-0.1, -0.05) is 75.7 Å². The molecule has 65 heavy (non-hydrogen) atoms. The maximum absolute atomic E-state index is 12.4. The molecule has 2 unspecified atom stereocenters. The number of phenols is 2. The van der Waals surface area contributed by atoms with Crippen molar-refractivity contribution in [3.63, 3.8) is 0 Å². The van der Waals surface area contributed by atoms with E-state index >= 15 is 0 Å². The topological polar surface area (TPSA) is 58.9 Å². The van der Waals surface area contributed by atoms with Gasteiger partial charge in [-0.25, -0.2) is 0 Å². The summed E-state index contributed by atoms with van der Waals surface area (Å²) in [5, 5.41) is 24.8. The van der Waals surface area contributed by atoms with Crippen molar-refractivity contribution >= 4 is 0 Å². The van der Waals surface area contributed by atoms with Crippen molar-refractivity contribution < 1.29 is 19.7 Å². The molecule has 0 aliphatic heterocycles. The number of hydrogen-bond acceptors (Lipinski definition) is 4. The van der Waals surface area contributed by atoms with Crippen molar-refractivity contribution in [2.24, 2.45) is 5.92 Å². The number of benzene rings is 6. The van der Waals surface area contributed by atoms with Gasteiger partial charge >= 0.3 is 0 Å².